The predicted octanol–water partition coefficient (Wildman–Crippen LogP) is 0.309. The summed E-state index contributed by atoms with van der Waals surface area (Å²) in [6.45, 7) is 10.0. The van der Waals surface area contributed by atoms with E-state index < -0.39 is 24.1 Å². The maximum atomic E-state index is 11.7. The molecule has 0 radical (unpaired) electrons. The SMILES string of the molecule is CC(C)(C)C(=O)SCCOC(=O)P(=O)([O-])OCCSC(=O)C(C)(C)C.[Na+]. The van der Waals surface area contributed by atoms with Gasteiger partial charge in [0, 0.05) is 22.3 Å². The van der Waals surface area contributed by atoms with Crippen LogP contribution in [-0.2, 0) is 23.4 Å². The van der Waals surface area contributed by atoms with Crippen LogP contribution in [0.2, 0.25) is 0 Å². The first-order valence-electron chi connectivity index (χ1n) is 7.65. The van der Waals surface area contributed by atoms with Gasteiger partial charge in [0.2, 0.25) is 7.60 Å². The Morgan fingerprint density at radius 1 is 0.885 bits per heavy atom. The minimum atomic E-state index is -4.81. The normalized spacial score (nSPS) is 14.1. The minimum Gasteiger partial charge on any atom is -0.770 e. The summed E-state index contributed by atoms with van der Waals surface area (Å²) in [5.41, 5.74) is -2.52. The van der Waals surface area contributed by atoms with Crippen LogP contribution in [0.25, 0.3) is 0 Å². The van der Waals surface area contributed by atoms with E-state index in [1.54, 1.807) is 41.5 Å². The minimum absolute atomic E-state index is 0. The third kappa shape index (κ3) is 12.2. The molecular weight excluding hydrogens is 410 g/mol. The number of thioether (sulfide) groups is 2. The predicted molar refractivity (Wildman–Crippen MR) is 98.7 cm³/mol. The van der Waals surface area contributed by atoms with E-state index in [0.717, 1.165) is 23.5 Å². The van der Waals surface area contributed by atoms with Crippen LogP contribution >= 0.6 is 31.1 Å². The van der Waals surface area contributed by atoms with Gasteiger partial charge in [-0.3, -0.25) is 14.2 Å². The summed E-state index contributed by atoms with van der Waals surface area (Å²) in [5.74, 6) is 0.281. The summed E-state index contributed by atoms with van der Waals surface area (Å²) in [6, 6.07) is 0. The Hall–Kier alpha value is 0.660. The zero-order valence-electron chi connectivity index (χ0n) is 16.4. The smallest absolute Gasteiger partial charge is 0.770 e. The van der Waals surface area contributed by atoms with E-state index in [9.17, 15) is 23.8 Å². The van der Waals surface area contributed by atoms with Crippen molar-refractivity contribution in [1.82, 2.24) is 0 Å². The van der Waals surface area contributed by atoms with E-state index >= 15 is 0 Å². The molecule has 1 atom stereocenters. The molecule has 26 heavy (non-hydrogen) atoms. The van der Waals surface area contributed by atoms with Gasteiger partial charge in [0.1, 0.15) is 6.61 Å². The molecule has 0 fully saturated rings. The monoisotopic (exact) mass is 436 g/mol. The van der Waals surface area contributed by atoms with Crippen molar-refractivity contribution in [3.05, 3.63) is 0 Å². The summed E-state index contributed by atoms with van der Waals surface area (Å²) < 4.78 is 20.8. The number of rotatable bonds is 8. The number of carbonyl (C=O) groups excluding carboxylic acids is 3. The molecule has 0 spiro atoms. The Balaban J connectivity index is 0. The van der Waals surface area contributed by atoms with Crippen LogP contribution in [0.1, 0.15) is 41.5 Å². The topological polar surface area (TPSA) is 110 Å². The van der Waals surface area contributed by atoms with Crippen LogP contribution in [-0.4, -0.2) is 40.7 Å². The second-order valence-electron chi connectivity index (χ2n) is 7.22. The molecule has 1 unspecified atom stereocenters. The molecule has 0 aromatic carbocycles. The second-order valence-corrected chi connectivity index (χ2v) is 11.0. The number of hydrogen-bond acceptors (Lipinski definition) is 9. The summed E-state index contributed by atoms with van der Waals surface area (Å²) in [5, 5.41) is -0.175. The van der Waals surface area contributed by atoms with Crippen LogP contribution in [0.15, 0.2) is 0 Å². The fourth-order valence-corrected chi connectivity index (χ4v) is 3.50. The Morgan fingerprint density at radius 3 is 1.65 bits per heavy atom. The maximum Gasteiger partial charge on any atom is 1.00 e. The molecule has 11 heteroatoms. The molecular formula is C15H26NaO7PS2. The van der Waals surface area contributed by atoms with Crippen LogP contribution in [0, 0.1) is 10.8 Å². The molecule has 0 aliphatic heterocycles. The quantitative estimate of drug-likeness (QED) is 0.302. The van der Waals surface area contributed by atoms with Crippen LogP contribution in [0.3, 0.4) is 0 Å². The molecule has 7 nitrogen and oxygen atoms in total. The number of carbonyl (C=O) groups is 3. The Labute approximate surface area is 185 Å². The first-order chi connectivity index (χ1) is 11.2. The largest absolute Gasteiger partial charge is 1.00 e. The Bertz CT molecular complexity index is 541. The molecule has 0 saturated carbocycles. The summed E-state index contributed by atoms with van der Waals surface area (Å²) in [6.07, 6.45) is 0. The molecule has 0 aromatic heterocycles. The Kier molecular flexibility index (Phi) is 13.6. The van der Waals surface area contributed by atoms with Crippen LogP contribution < -0.4 is 34.5 Å². The average Bonchev–Trinajstić information content (AvgIpc) is 2.45. The van der Waals surface area contributed by atoms with Gasteiger partial charge in [0.05, 0.1) is 6.61 Å². The third-order valence-corrected chi connectivity index (χ3v) is 6.16. The molecule has 0 aromatic rings. The van der Waals surface area contributed by atoms with Crippen LogP contribution in [0.4, 0.5) is 4.79 Å². The van der Waals surface area contributed by atoms with E-state index in [1.807, 2.05) is 0 Å². The summed E-state index contributed by atoms with van der Waals surface area (Å²) in [7, 11) is -4.81. The molecule has 0 amide bonds. The molecule has 0 aliphatic rings. The molecule has 0 N–H and O–H groups in total. The van der Waals surface area contributed by atoms with Gasteiger partial charge in [0.25, 0.3) is 0 Å². The van der Waals surface area contributed by atoms with E-state index in [-0.39, 0.29) is 64.5 Å². The standard InChI is InChI=1S/C15H27O7PS2.Na/c1-14(2,3)11(16)24-9-7-21-13(18)23(19,20)22-8-10-25-12(17)15(4,5)6;/h7-10H2,1-6H3,(H,19,20);/q;+1/p-1. The van der Waals surface area contributed by atoms with Crippen molar-refractivity contribution in [2.75, 3.05) is 24.7 Å². The van der Waals surface area contributed by atoms with E-state index in [1.165, 1.54) is 0 Å². The second kappa shape index (κ2) is 12.3. The summed E-state index contributed by atoms with van der Waals surface area (Å²) >= 11 is 1.92. The van der Waals surface area contributed by atoms with Crippen molar-refractivity contribution >= 4 is 47.1 Å². The number of hydrogen-bond donors (Lipinski definition) is 0. The molecule has 0 bridgehead atoms. The van der Waals surface area contributed by atoms with Crippen molar-refractivity contribution < 1.29 is 62.7 Å². The van der Waals surface area contributed by atoms with E-state index in [2.05, 4.69) is 9.26 Å². The van der Waals surface area contributed by atoms with Gasteiger partial charge in [-0.1, -0.05) is 65.1 Å². The van der Waals surface area contributed by atoms with Crippen molar-refractivity contribution in [2.45, 2.75) is 41.5 Å². The van der Waals surface area contributed by atoms with Gasteiger partial charge in [-0.2, -0.15) is 0 Å². The molecule has 0 heterocycles. The maximum absolute atomic E-state index is 11.7. The fraction of sp³-hybridized carbons (Fsp3) is 0.800. The Morgan fingerprint density at radius 2 is 1.27 bits per heavy atom. The summed E-state index contributed by atoms with van der Waals surface area (Å²) in [4.78, 5) is 46.4. The average molecular weight is 436 g/mol. The fourth-order valence-electron chi connectivity index (χ4n) is 1.12. The van der Waals surface area contributed by atoms with Crippen LogP contribution in [0.5, 0.6) is 0 Å². The van der Waals surface area contributed by atoms with Gasteiger partial charge in [-0.05, 0) is 0 Å². The van der Waals surface area contributed by atoms with Crippen molar-refractivity contribution in [1.29, 1.82) is 0 Å². The molecule has 146 valence electrons. The van der Waals surface area contributed by atoms with Gasteiger partial charge in [0.15, 0.2) is 10.2 Å². The van der Waals surface area contributed by atoms with Gasteiger partial charge in [-0.15, -0.1) is 0 Å². The van der Waals surface area contributed by atoms with Crippen molar-refractivity contribution in [3.8, 4) is 0 Å². The molecule has 0 rings (SSSR count). The van der Waals surface area contributed by atoms with Crippen molar-refractivity contribution in [2.24, 2.45) is 10.8 Å². The van der Waals surface area contributed by atoms with E-state index in [4.69, 9.17) is 0 Å². The first-order valence-corrected chi connectivity index (χ1v) is 11.2. The third-order valence-electron chi connectivity index (χ3n) is 2.57. The zero-order valence-corrected chi connectivity index (χ0v) is 21.0. The van der Waals surface area contributed by atoms with E-state index in [0.29, 0.717) is 0 Å². The zero-order chi connectivity index (χ0) is 19.9. The first kappa shape index (κ1) is 28.9. The van der Waals surface area contributed by atoms with Crippen molar-refractivity contribution in [3.63, 3.8) is 0 Å². The van der Waals surface area contributed by atoms with Gasteiger partial charge in [-0.25, -0.2) is 4.79 Å². The number of ether oxygens (including phenoxy) is 1. The molecule has 0 saturated heterocycles. The van der Waals surface area contributed by atoms with Gasteiger partial charge >= 0.3 is 35.3 Å². The molecule has 0 aliphatic carbocycles. The van der Waals surface area contributed by atoms with Gasteiger partial charge < -0.3 is 14.2 Å².